The molecule has 2 aromatic rings. The standard InChI is InChI=1S/C17H26N6O/c1-12-6-8-23(15(24)10-21(2)3)9-14(12)22(4)17-13-5-7-18-16(13)19-11-20-17/h5,7,11-12,14H,6,8-10H2,1-4H3,(H,18,19,20)/t12-,14+/m1/s1. The molecule has 1 amide bonds. The lowest BCUT2D eigenvalue weighted by Crippen LogP contribution is -2.54. The van der Waals surface area contributed by atoms with Crippen LogP contribution in [0.15, 0.2) is 18.6 Å². The van der Waals surface area contributed by atoms with Crippen molar-refractivity contribution in [3.63, 3.8) is 0 Å². The molecule has 0 spiro atoms. The first kappa shape index (κ1) is 16.7. The van der Waals surface area contributed by atoms with E-state index in [9.17, 15) is 4.79 Å². The van der Waals surface area contributed by atoms with Gasteiger partial charge >= 0.3 is 0 Å². The summed E-state index contributed by atoms with van der Waals surface area (Å²) in [5.74, 6) is 1.61. The number of amides is 1. The lowest BCUT2D eigenvalue weighted by Gasteiger charge is -2.42. The highest BCUT2D eigenvalue weighted by molar-refractivity contribution is 5.87. The number of aromatic amines is 1. The highest BCUT2D eigenvalue weighted by Crippen LogP contribution is 2.28. The normalized spacial score (nSPS) is 21.5. The summed E-state index contributed by atoms with van der Waals surface area (Å²) < 4.78 is 0. The minimum atomic E-state index is 0.194. The van der Waals surface area contributed by atoms with Gasteiger partial charge in [-0.15, -0.1) is 0 Å². The number of piperidine rings is 1. The summed E-state index contributed by atoms with van der Waals surface area (Å²) >= 11 is 0. The maximum Gasteiger partial charge on any atom is 0.236 e. The average molecular weight is 330 g/mol. The number of likely N-dealkylation sites (N-methyl/N-ethyl adjacent to an activating group) is 2. The second kappa shape index (κ2) is 6.76. The number of aromatic nitrogens is 3. The van der Waals surface area contributed by atoms with Crippen LogP contribution in [0.2, 0.25) is 0 Å². The van der Waals surface area contributed by atoms with Gasteiger partial charge in [-0.3, -0.25) is 4.79 Å². The Morgan fingerprint density at radius 3 is 2.92 bits per heavy atom. The fraction of sp³-hybridized carbons (Fsp3) is 0.588. The zero-order chi connectivity index (χ0) is 17.3. The molecule has 3 rings (SSSR count). The van der Waals surface area contributed by atoms with Gasteiger partial charge in [0.2, 0.25) is 5.91 Å². The van der Waals surface area contributed by atoms with Crippen LogP contribution in [0.5, 0.6) is 0 Å². The van der Waals surface area contributed by atoms with E-state index in [1.54, 1.807) is 6.33 Å². The van der Waals surface area contributed by atoms with Gasteiger partial charge in [0.05, 0.1) is 18.0 Å². The summed E-state index contributed by atoms with van der Waals surface area (Å²) in [6.45, 7) is 4.28. The van der Waals surface area contributed by atoms with Gasteiger partial charge in [-0.1, -0.05) is 6.92 Å². The lowest BCUT2D eigenvalue weighted by molar-refractivity contribution is -0.133. The van der Waals surface area contributed by atoms with E-state index in [1.165, 1.54) is 0 Å². The number of fused-ring (bicyclic) bond motifs is 1. The highest BCUT2D eigenvalue weighted by atomic mass is 16.2. The Bertz CT molecular complexity index is 712. The summed E-state index contributed by atoms with van der Waals surface area (Å²) in [4.78, 5) is 30.4. The third kappa shape index (κ3) is 3.21. The molecule has 0 radical (unpaired) electrons. The molecule has 1 N–H and O–H groups in total. The fourth-order valence-electron chi connectivity index (χ4n) is 3.45. The molecule has 1 aliphatic rings. The van der Waals surface area contributed by atoms with Crippen molar-refractivity contribution < 1.29 is 4.79 Å². The predicted molar refractivity (Wildman–Crippen MR) is 95.0 cm³/mol. The van der Waals surface area contributed by atoms with Crippen molar-refractivity contribution in [3.8, 4) is 0 Å². The molecular weight excluding hydrogens is 304 g/mol. The second-order valence-electron chi connectivity index (χ2n) is 6.96. The Morgan fingerprint density at radius 2 is 2.17 bits per heavy atom. The summed E-state index contributed by atoms with van der Waals surface area (Å²) in [5.41, 5.74) is 0.843. The molecule has 0 aliphatic carbocycles. The van der Waals surface area contributed by atoms with Gasteiger partial charge < -0.3 is 19.7 Å². The van der Waals surface area contributed by atoms with Crippen LogP contribution in [0.4, 0.5) is 5.82 Å². The van der Waals surface area contributed by atoms with Crippen molar-refractivity contribution in [2.75, 3.05) is 45.7 Å². The number of nitrogens with one attached hydrogen (secondary N) is 1. The maximum absolute atomic E-state index is 12.4. The molecule has 7 nitrogen and oxygen atoms in total. The molecule has 2 atom stereocenters. The Labute approximate surface area is 142 Å². The van der Waals surface area contributed by atoms with Gasteiger partial charge in [0.1, 0.15) is 17.8 Å². The molecule has 3 heterocycles. The average Bonchev–Trinajstić information content (AvgIpc) is 3.02. The Kier molecular flexibility index (Phi) is 4.71. The van der Waals surface area contributed by atoms with Crippen molar-refractivity contribution in [3.05, 3.63) is 18.6 Å². The number of H-pyrrole nitrogens is 1. The first-order chi connectivity index (χ1) is 11.5. The van der Waals surface area contributed by atoms with E-state index in [-0.39, 0.29) is 11.9 Å². The third-order valence-electron chi connectivity index (χ3n) is 4.89. The Morgan fingerprint density at radius 1 is 1.38 bits per heavy atom. The van der Waals surface area contributed by atoms with E-state index in [1.807, 2.05) is 36.2 Å². The Hall–Kier alpha value is -2.15. The number of hydrogen-bond donors (Lipinski definition) is 1. The van der Waals surface area contributed by atoms with E-state index in [2.05, 4.69) is 33.8 Å². The molecule has 1 fully saturated rings. The first-order valence-corrected chi connectivity index (χ1v) is 8.40. The van der Waals surface area contributed by atoms with Crippen molar-refractivity contribution in [1.82, 2.24) is 24.8 Å². The summed E-state index contributed by atoms with van der Waals surface area (Å²) in [7, 11) is 5.92. The Balaban J connectivity index is 1.81. The molecule has 0 unspecified atom stereocenters. The van der Waals surface area contributed by atoms with Crippen LogP contribution in [0.1, 0.15) is 13.3 Å². The fourth-order valence-corrected chi connectivity index (χ4v) is 3.45. The minimum absolute atomic E-state index is 0.194. The second-order valence-corrected chi connectivity index (χ2v) is 6.96. The molecule has 1 saturated heterocycles. The van der Waals surface area contributed by atoms with E-state index in [0.29, 0.717) is 12.5 Å². The van der Waals surface area contributed by atoms with Gasteiger partial charge in [-0.05, 0) is 32.5 Å². The number of likely N-dealkylation sites (tertiary alicyclic amines) is 1. The van der Waals surface area contributed by atoms with Gasteiger partial charge in [-0.25, -0.2) is 9.97 Å². The molecule has 1 aliphatic heterocycles. The highest BCUT2D eigenvalue weighted by Gasteiger charge is 2.32. The maximum atomic E-state index is 12.4. The molecule has 0 bridgehead atoms. The molecule has 7 heteroatoms. The zero-order valence-electron chi connectivity index (χ0n) is 14.9. The van der Waals surface area contributed by atoms with Crippen LogP contribution in [-0.2, 0) is 4.79 Å². The summed E-state index contributed by atoms with van der Waals surface area (Å²) in [6.07, 6.45) is 4.48. The molecule has 24 heavy (non-hydrogen) atoms. The van der Waals surface area contributed by atoms with E-state index >= 15 is 0 Å². The summed E-state index contributed by atoms with van der Waals surface area (Å²) in [5, 5.41) is 1.02. The zero-order valence-corrected chi connectivity index (χ0v) is 14.9. The van der Waals surface area contributed by atoms with Crippen LogP contribution < -0.4 is 4.90 Å². The van der Waals surface area contributed by atoms with E-state index in [0.717, 1.165) is 36.4 Å². The van der Waals surface area contributed by atoms with E-state index < -0.39 is 0 Å². The van der Waals surface area contributed by atoms with Crippen LogP contribution in [0.3, 0.4) is 0 Å². The van der Waals surface area contributed by atoms with Gasteiger partial charge in [-0.2, -0.15) is 0 Å². The first-order valence-electron chi connectivity index (χ1n) is 8.40. The summed E-state index contributed by atoms with van der Waals surface area (Å²) in [6, 6.07) is 2.25. The van der Waals surface area contributed by atoms with Gasteiger partial charge in [0.15, 0.2) is 0 Å². The van der Waals surface area contributed by atoms with Crippen LogP contribution in [-0.4, -0.2) is 77.5 Å². The quantitative estimate of drug-likeness (QED) is 0.912. The van der Waals surface area contributed by atoms with Gasteiger partial charge in [0.25, 0.3) is 0 Å². The smallest absolute Gasteiger partial charge is 0.236 e. The number of nitrogens with zero attached hydrogens (tertiary/aromatic N) is 5. The minimum Gasteiger partial charge on any atom is -0.354 e. The monoisotopic (exact) mass is 330 g/mol. The molecular formula is C17H26N6O. The molecule has 0 aromatic carbocycles. The lowest BCUT2D eigenvalue weighted by atomic mass is 9.92. The predicted octanol–water partition coefficient (Wildman–Crippen LogP) is 1.19. The SMILES string of the molecule is C[C@@H]1CCN(C(=O)CN(C)C)C[C@@H]1N(C)c1ncnc2[nH]ccc12. The van der Waals surface area contributed by atoms with Crippen LogP contribution >= 0.6 is 0 Å². The number of rotatable bonds is 4. The number of carbonyl (C=O) groups excluding carboxylic acids is 1. The van der Waals surface area contributed by atoms with Crippen LogP contribution in [0, 0.1) is 5.92 Å². The van der Waals surface area contributed by atoms with E-state index in [4.69, 9.17) is 0 Å². The molecule has 130 valence electrons. The van der Waals surface area contributed by atoms with Crippen molar-refractivity contribution in [2.24, 2.45) is 5.92 Å². The van der Waals surface area contributed by atoms with Gasteiger partial charge in [0, 0.05) is 26.3 Å². The number of anilines is 1. The van der Waals surface area contributed by atoms with Crippen molar-refractivity contribution >= 4 is 22.8 Å². The van der Waals surface area contributed by atoms with Crippen molar-refractivity contribution in [1.29, 1.82) is 0 Å². The molecule has 2 aromatic heterocycles. The van der Waals surface area contributed by atoms with Crippen molar-refractivity contribution in [2.45, 2.75) is 19.4 Å². The number of carbonyl (C=O) groups is 1. The largest absolute Gasteiger partial charge is 0.354 e. The topological polar surface area (TPSA) is 68.4 Å². The molecule has 0 saturated carbocycles. The number of hydrogen-bond acceptors (Lipinski definition) is 5. The van der Waals surface area contributed by atoms with Crippen LogP contribution in [0.25, 0.3) is 11.0 Å². The third-order valence-corrected chi connectivity index (χ3v) is 4.89.